The normalized spacial score (nSPS) is 16.0. The van der Waals surface area contributed by atoms with Crippen LogP contribution in [0.1, 0.15) is 54.1 Å². The Morgan fingerprint density at radius 2 is 1.76 bits per heavy atom. The maximum atomic E-state index is 12.8. The van der Waals surface area contributed by atoms with Gasteiger partial charge in [0.25, 0.3) is 5.91 Å². The van der Waals surface area contributed by atoms with E-state index in [4.69, 9.17) is 9.72 Å². The number of benzene rings is 2. The number of carbonyl (C=O) groups is 1. The van der Waals surface area contributed by atoms with E-state index in [-0.39, 0.29) is 12.8 Å². The molecular formula is C29H35F3N4O2. The number of nitrogens with zero attached hydrogens (tertiary/aromatic N) is 1. The minimum Gasteiger partial charge on any atom is -0.493 e. The van der Waals surface area contributed by atoms with Crippen molar-refractivity contribution in [2.24, 2.45) is 5.92 Å². The molecule has 2 aliphatic rings. The van der Waals surface area contributed by atoms with Crippen LogP contribution >= 0.6 is 0 Å². The standard InChI is InChI=1S/C27H32N4O2.C2H3F3/c1-18-25(31-27(32)21-4-7-24(8-5-21)33-17-19-2-3-19)9-6-22-14-20(16-30-26(18)22)15-29-23-10-12-28-13-11-23;1-2(3,4)5/h4-9,14,16,19,23,28-29H,2-3,10-13,15,17H2,1H3,(H,31,32);1H3. The van der Waals surface area contributed by atoms with Gasteiger partial charge in [0.15, 0.2) is 0 Å². The second-order valence-electron chi connectivity index (χ2n) is 10.1. The number of hydrogen-bond donors (Lipinski definition) is 3. The van der Waals surface area contributed by atoms with E-state index in [2.05, 4.69) is 22.0 Å². The van der Waals surface area contributed by atoms with E-state index in [9.17, 15) is 18.0 Å². The first-order chi connectivity index (χ1) is 18.2. The molecule has 0 atom stereocenters. The van der Waals surface area contributed by atoms with Crippen molar-refractivity contribution in [2.45, 2.75) is 58.3 Å². The van der Waals surface area contributed by atoms with Crippen LogP contribution in [0.5, 0.6) is 5.75 Å². The highest BCUT2D eigenvalue weighted by atomic mass is 19.4. The van der Waals surface area contributed by atoms with Gasteiger partial charge in [-0.25, -0.2) is 0 Å². The molecule has 1 aliphatic heterocycles. The number of rotatable bonds is 8. The quantitative estimate of drug-likeness (QED) is 0.335. The zero-order valence-electron chi connectivity index (χ0n) is 21.8. The van der Waals surface area contributed by atoms with Crippen LogP contribution in [-0.4, -0.2) is 42.8 Å². The van der Waals surface area contributed by atoms with Crippen molar-refractivity contribution in [3.8, 4) is 5.75 Å². The van der Waals surface area contributed by atoms with Crippen molar-refractivity contribution in [3.05, 3.63) is 65.4 Å². The monoisotopic (exact) mass is 528 g/mol. The molecule has 38 heavy (non-hydrogen) atoms. The highest BCUT2D eigenvalue weighted by Gasteiger charge is 2.22. The number of pyridine rings is 1. The van der Waals surface area contributed by atoms with E-state index in [0.29, 0.717) is 17.5 Å². The number of aryl methyl sites for hydroxylation is 1. The van der Waals surface area contributed by atoms with Gasteiger partial charge in [-0.05, 0) is 99.1 Å². The Morgan fingerprint density at radius 3 is 2.42 bits per heavy atom. The number of ether oxygens (including phenoxy) is 1. The average Bonchev–Trinajstić information content (AvgIpc) is 3.72. The van der Waals surface area contributed by atoms with Crippen LogP contribution in [0, 0.1) is 12.8 Å². The Labute approximate surface area is 221 Å². The number of anilines is 1. The smallest absolute Gasteiger partial charge is 0.386 e. The third-order valence-corrected chi connectivity index (χ3v) is 6.64. The van der Waals surface area contributed by atoms with Gasteiger partial charge in [0.1, 0.15) is 5.75 Å². The summed E-state index contributed by atoms with van der Waals surface area (Å²) in [4.78, 5) is 17.5. The second-order valence-corrected chi connectivity index (χ2v) is 10.1. The van der Waals surface area contributed by atoms with Crippen LogP contribution < -0.4 is 20.7 Å². The lowest BCUT2D eigenvalue weighted by atomic mass is 10.0. The molecule has 2 fully saturated rings. The number of alkyl halides is 3. The number of nitrogens with one attached hydrogen (secondary N) is 3. The van der Waals surface area contributed by atoms with Crippen molar-refractivity contribution >= 4 is 22.5 Å². The fraction of sp³-hybridized carbons (Fsp3) is 0.448. The molecule has 0 radical (unpaired) electrons. The van der Waals surface area contributed by atoms with Gasteiger partial charge in [-0.2, -0.15) is 13.2 Å². The van der Waals surface area contributed by atoms with Crippen molar-refractivity contribution in [1.29, 1.82) is 0 Å². The molecular weight excluding hydrogens is 493 g/mol. The number of hydrogen-bond acceptors (Lipinski definition) is 5. The van der Waals surface area contributed by atoms with Gasteiger partial charge in [0.05, 0.1) is 12.1 Å². The Bertz CT molecular complexity index is 1210. The van der Waals surface area contributed by atoms with E-state index < -0.39 is 6.18 Å². The molecule has 0 unspecified atom stereocenters. The van der Waals surface area contributed by atoms with Gasteiger partial charge in [0, 0.05) is 42.3 Å². The van der Waals surface area contributed by atoms with Gasteiger partial charge in [-0.15, -0.1) is 0 Å². The molecule has 1 saturated heterocycles. The average molecular weight is 529 g/mol. The Kier molecular flexibility index (Phi) is 9.22. The number of piperidine rings is 1. The van der Waals surface area contributed by atoms with Crippen LogP contribution in [0.2, 0.25) is 0 Å². The predicted molar refractivity (Wildman–Crippen MR) is 144 cm³/mol. The van der Waals surface area contributed by atoms with Gasteiger partial charge in [0.2, 0.25) is 0 Å². The molecule has 2 heterocycles. The molecule has 0 bridgehead atoms. The Morgan fingerprint density at radius 1 is 1.08 bits per heavy atom. The minimum absolute atomic E-state index is 0.131. The van der Waals surface area contributed by atoms with Crippen LogP contribution in [0.4, 0.5) is 18.9 Å². The summed E-state index contributed by atoms with van der Waals surface area (Å²) in [7, 11) is 0. The van der Waals surface area contributed by atoms with Gasteiger partial charge >= 0.3 is 6.18 Å². The summed E-state index contributed by atoms with van der Waals surface area (Å²) >= 11 is 0. The zero-order valence-corrected chi connectivity index (χ0v) is 21.8. The molecule has 1 aliphatic carbocycles. The molecule has 1 amide bonds. The molecule has 204 valence electrons. The van der Waals surface area contributed by atoms with E-state index in [0.717, 1.165) is 54.1 Å². The number of aromatic nitrogens is 1. The van der Waals surface area contributed by atoms with Crippen LogP contribution in [-0.2, 0) is 6.54 Å². The molecule has 0 spiro atoms. The molecule has 2 aromatic carbocycles. The first-order valence-electron chi connectivity index (χ1n) is 13.1. The first kappa shape index (κ1) is 27.9. The predicted octanol–water partition coefficient (Wildman–Crippen LogP) is 5.99. The lowest BCUT2D eigenvalue weighted by Crippen LogP contribution is -2.39. The van der Waals surface area contributed by atoms with Crippen molar-refractivity contribution in [3.63, 3.8) is 0 Å². The molecule has 6 nitrogen and oxygen atoms in total. The fourth-order valence-corrected chi connectivity index (χ4v) is 4.31. The lowest BCUT2D eigenvalue weighted by Gasteiger charge is -2.23. The second kappa shape index (κ2) is 12.6. The maximum Gasteiger partial charge on any atom is 0.386 e. The van der Waals surface area contributed by atoms with E-state index in [1.54, 1.807) is 0 Å². The first-order valence-corrected chi connectivity index (χ1v) is 13.1. The highest BCUT2D eigenvalue weighted by molar-refractivity contribution is 6.06. The topological polar surface area (TPSA) is 75.3 Å². The summed E-state index contributed by atoms with van der Waals surface area (Å²) in [5, 5.41) is 11.2. The Balaban J connectivity index is 0.000000617. The fourth-order valence-electron chi connectivity index (χ4n) is 4.31. The number of amides is 1. The SMILES string of the molecule is CC(F)(F)F.Cc1c(NC(=O)c2ccc(OCC3CC3)cc2)ccc2cc(CNC3CCNCC3)cnc12. The summed E-state index contributed by atoms with van der Waals surface area (Å²) < 4.78 is 36.8. The third-order valence-electron chi connectivity index (χ3n) is 6.64. The van der Waals surface area contributed by atoms with E-state index in [1.807, 2.05) is 49.5 Å². The molecule has 1 saturated carbocycles. The number of carbonyl (C=O) groups excluding carboxylic acids is 1. The minimum atomic E-state index is -4.00. The molecule has 1 aromatic heterocycles. The zero-order chi connectivity index (χ0) is 27.1. The van der Waals surface area contributed by atoms with Gasteiger partial charge in [-0.3, -0.25) is 9.78 Å². The highest BCUT2D eigenvalue weighted by Crippen LogP contribution is 2.30. The molecule has 9 heteroatoms. The summed E-state index contributed by atoms with van der Waals surface area (Å²) in [6.07, 6.45) is 2.79. The van der Waals surface area contributed by atoms with E-state index >= 15 is 0 Å². The van der Waals surface area contributed by atoms with Gasteiger partial charge in [-0.1, -0.05) is 6.07 Å². The summed E-state index contributed by atoms with van der Waals surface area (Å²) in [6.45, 7) is 5.95. The van der Waals surface area contributed by atoms with Crippen LogP contribution in [0.25, 0.3) is 10.9 Å². The summed E-state index contributed by atoms with van der Waals surface area (Å²) in [5.41, 5.74) is 4.47. The van der Waals surface area contributed by atoms with Crippen molar-refractivity contribution in [2.75, 3.05) is 25.0 Å². The Hall–Kier alpha value is -3.17. The number of fused-ring (bicyclic) bond motifs is 1. The van der Waals surface area contributed by atoms with Crippen LogP contribution in [0.15, 0.2) is 48.7 Å². The summed E-state index contributed by atoms with van der Waals surface area (Å²) in [6, 6.07) is 14.1. The molecule has 3 aromatic rings. The van der Waals surface area contributed by atoms with Gasteiger partial charge < -0.3 is 20.7 Å². The molecule has 3 N–H and O–H groups in total. The summed E-state index contributed by atoms with van der Waals surface area (Å²) in [5.74, 6) is 1.39. The third kappa shape index (κ3) is 8.70. The van der Waals surface area contributed by atoms with Crippen molar-refractivity contribution < 1.29 is 22.7 Å². The lowest BCUT2D eigenvalue weighted by molar-refractivity contribution is -0.110. The number of halogens is 3. The maximum absolute atomic E-state index is 12.8. The largest absolute Gasteiger partial charge is 0.493 e. The van der Waals surface area contributed by atoms with Crippen LogP contribution in [0.3, 0.4) is 0 Å². The molecule has 5 rings (SSSR count). The van der Waals surface area contributed by atoms with E-state index in [1.165, 1.54) is 31.2 Å². The van der Waals surface area contributed by atoms with Crippen molar-refractivity contribution in [1.82, 2.24) is 15.6 Å².